The molecule has 0 amide bonds. The highest BCUT2D eigenvalue weighted by Gasteiger charge is 2.15. The van der Waals surface area contributed by atoms with Crippen LogP contribution in [-0.2, 0) is 0 Å². The van der Waals surface area contributed by atoms with Crippen molar-refractivity contribution in [2.75, 3.05) is 6.61 Å². The van der Waals surface area contributed by atoms with E-state index in [1.165, 1.54) is 6.08 Å². The van der Waals surface area contributed by atoms with E-state index < -0.39 is 10.9 Å². The first-order valence-corrected chi connectivity index (χ1v) is 8.15. The lowest BCUT2D eigenvalue weighted by atomic mass is 10.1. The topological polar surface area (TPSA) is 103 Å². The fraction of sp³-hybridized carbons (Fsp3) is 0.263. The molecule has 0 spiro atoms. The predicted octanol–water partition coefficient (Wildman–Crippen LogP) is 4.28. The Morgan fingerprint density at radius 2 is 2.00 bits per heavy atom. The summed E-state index contributed by atoms with van der Waals surface area (Å²) in [5.74, 6) is 0.0760. The van der Waals surface area contributed by atoms with Gasteiger partial charge in [0.25, 0.3) is 5.69 Å². The molecule has 2 aromatic rings. The fourth-order valence-corrected chi connectivity index (χ4v) is 2.13. The number of benzene rings is 1. The van der Waals surface area contributed by atoms with Gasteiger partial charge < -0.3 is 9.84 Å². The minimum atomic E-state index is -1.27. The molecule has 26 heavy (non-hydrogen) atoms. The summed E-state index contributed by atoms with van der Waals surface area (Å²) >= 11 is 0. The summed E-state index contributed by atoms with van der Waals surface area (Å²) in [5, 5.41) is 20.0. The molecule has 1 aromatic carbocycles. The van der Waals surface area contributed by atoms with Gasteiger partial charge in [0.2, 0.25) is 0 Å². The molecule has 1 aromatic heterocycles. The van der Waals surface area contributed by atoms with Crippen molar-refractivity contribution in [3.05, 3.63) is 63.5 Å². The zero-order chi connectivity index (χ0) is 19.1. The molecule has 0 aliphatic heterocycles. The molecule has 0 unspecified atom stereocenters. The van der Waals surface area contributed by atoms with E-state index in [-0.39, 0.29) is 16.9 Å². The van der Waals surface area contributed by atoms with Crippen LogP contribution in [-0.4, -0.2) is 27.6 Å². The number of pyridine rings is 1. The van der Waals surface area contributed by atoms with Gasteiger partial charge in [-0.2, -0.15) is 0 Å². The number of hydrogen-bond acceptors (Lipinski definition) is 5. The largest absolute Gasteiger partial charge is 0.494 e. The fourth-order valence-electron chi connectivity index (χ4n) is 2.13. The van der Waals surface area contributed by atoms with Crippen molar-refractivity contribution in [1.82, 2.24) is 4.98 Å². The summed E-state index contributed by atoms with van der Waals surface area (Å²) in [6.07, 6.45) is 5.23. The van der Waals surface area contributed by atoms with Crippen LogP contribution in [0.2, 0.25) is 0 Å². The Labute approximate surface area is 151 Å². The minimum Gasteiger partial charge on any atom is -0.494 e. The first-order valence-electron chi connectivity index (χ1n) is 8.15. The van der Waals surface area contributed by atoms with Crippen LogP contribution in [0.4, 0.5) is 5.69 Å². The van der Waals surface area contributed by atoms with Crippen molar-refractivity contribution in [2.24, 2.45) is 5.92 Å². The maximum Gasteiger partial charge on any atom is 0.338 e. The first kappa shape index (κ1) is 19.1. The molecule has 7 heteroatoms. The van der Waals surface area contributed by atoms with Gasteiger partial charge in [-0.1, -0.05) is 32.1 Å². The lowest BCUT2D eigenvalue weighted by Crippen LogP contribution is -2.03. The molecule has 2 rings (SSSR count). The van der Waals surface area contributed by atoms with Crippen molar-refractivity contribution in [1.29, 1.82) is 0 Å². The highest BCUT2D eigenvalue weighted by molar-refractivity contribution is 5.93. The second-order valence-corrected chi connectivity index (χ2v) is 6.12. The standard InChI is InChI=1S/C19H20N2O5/c1-13(2)9-10-26-16-6-3-14(4-7-16)5-8-18-17(19(22)23)11-15(12-20-18)21(24)25/h3-8,11-13H,9-10H2,1-2H3,(H,22,23)/b8-5+. The number of rotatable bonds is 8. The number of aromatic nitrogens is 1. The van der Waals surface area contributed by atoms with Crippen LogP contribution in [0.5, 0.6) is 5.75 Å². The molecule has 0 aliphatic rings. The van der Waals surface area contributed by atoms with Crippen molar-refractivity contribution in [3.63, 3.8) is 0 Å². The van der Waals surface area contributed by atoms with Gasteiger partial charge in [-0.25, -0.2) is 9.78 Å². The molecule has 0 radical (unpaired) electrons. The van der Waals surface area contributed by atoms with Crippen LogP contribution in [0.25, 0.3) is 12.2 Å². The van der Waals surface area contributed by atoms with Gasteiger partial charge in [0.1, 0.15) is 11.9 Å². The third kappa shape index (κ3) is 5.41. The Balaban J connectivity index is 2.11. The van der Waals surface area contributed by atoms with Gasteiger partial charge in [-0.05, 0) is 36.1 Å². The second kappa shape index (κ2) is 8.75. The average molecular weight is 356 g/mol. The van der Waals surface area contributed by atoms with E-state index in [9.17, 15) is 20.0 Å². The summed E-state index contributed by atoms with van der Waals surface area (Å²) < 4.78 is 5.64. The lowest BCUT2D eigenvalue weighted by molar-refractivity contribution is -0.385. The van der Waals surface area contributed by atoms with Crippen LogP contribution in [0.3, 0.4) is 0 Å². The molecule has 0 aliphatic carbocycles. The van der Waals surface area contributed by atoms with Gasteiger partial charge in [0.05, 0.1) is 22.8 Å². The van der Waals surface area contributed by atoms with Gasteiger partial charge >= 0.3 is 5.97 Å². The zero-order valence-electron chi connectivity index (χ0n) is 14.6. The van der Waals surface area contributed by atoms with E-state index in [1.807, 2.05) is 24.3 Å². The number of aromatic carboxylic acids is 1. The molecule has 0 fully saturated rings. The maximum atomic E-state index is 11.3. The van der Waals surface area contributed by atoms with Crippen LogP contribution in [0.1, 0.15) is 41.9 Å². The number of ether oxygens (including phenoxy) is 1. The smallest absolute Gasteiger partial charge is 0.338 e. The van der Waals surface area contributed by atoms with Crippen LogP contribution < -0.4 is 4.74 Å². The van der Waals surface area contributed by atoms with Crippen molar-refractivity contribution < 1.29 is 19.6 Å². The third-order valence-corrected chi connectivity index (χ3v) is 3.62. The molecule has 7 nitrogen and oxygen atoms in total. The summed E-state index contributed by atoms with van der Waals surface area (Å²) in [6, 6.07) is 8.35. The van der Waals surface area contributed by atoms with E-state index in [2.05, 4.69) is 18.8 Å². The Kier molecular flexibility index (Phi) is 6.43. The highest BCUT2D eigenvalue weighted by Crippen LogP contribution is 2.19. The van der Waals surface area contributed by atoms with Gasteiger partial charge in [0, 0.05) is 6.07 Å². The van der Waals surface area contributed by atoms with Crippen molar-refractivity contribution in [2.45, 2.75) is 20.3 Å². The van der Waals surface area contributed by atoms with E-state index >= 15 is 0 Å². The maximum absolute atomic E-state index is 11.3. The molecular weight excluding hydrogens is 336 g/mol. The molecule has 0 atom stereocenters. The number of carboxylic acid groups (broad SMARTS) is 1. The van der Waals surface area contributed by atoms with Gasteiger partial charge in [0.15, 0.2) is 0 Å². The molecule has 0 saturated heterocycles. The second-order valence-electron chi connectivity index (χ2n) is 6.12. The quantitative estimate of drug-likeness (QED) is 0.559. The van der Waals surface area contributed by atoms with Crippen molar-refractivity contribution in [3.8, 4) is 5.75 Å². The van der Waals surface area contributed by atoms with Crippen molar-refractivity contribution >= 4 is 23.8 Å². The van der Waals surface area contributed by atoms with Crippen LogP contribution in [0, 0.1) is 16.0 Å². The Morgan fingerprint density at radius 3 is 2.58 bits per heavy atom. The number of hydrogen-bond donors (Lipinski definition) is 1. The Bertz CT molecular complexity index is 813. The summed E-state index contributed by atoms with van der Waals surface area (Å²) in [4.78, 5) is 25.2. The third-order valence-electron chi connectivity index (χ3n) is 3.62. The monoisotopic (exact) mass is 356 g/mol. The minimum absolute atomic E-state index is 0.153. The molecule has 0 bridgehead atoms. The number of carbonyl (C=O) groups is 1. The van der Waals surface area contributed by atoms with Crippen LogP contribution >= 0.6 is 0 Å². The Hall–Kier alpha value is -3.22. The summed E-state index contributed by atoms with van der Waals surface area (Å²) in [5.41, 5.74) is 0.407. The van der Waals surface area contributed by atoms with E-state index in [1.54, 1.807) is 6.08 Å². The highest BCUT2D eigenvalue weighted by atomic mass is 16.6. The summed E-state index contributed by atoms with van der Waals surface area (Å²) in [6.45, 7) is 4.92. The Morgan fingerprint density at radius 1 is 1.31 bits per heavy atom. The number of nitro groups is 1. The molecule has 136 valence electrons. The normalized spacial score (nSPS) is 11.0. The average Bonchev–Trinajstić information content (AvgIpc) is 2.60. The molecule has 1 heterocycles. The van der Waals surface area contributed by atoms with E-state index in [0.29, 0.717) is 12.5 Å². The van der Waals surface area contributed by atoms with Crippen LogP contribution in [0.15, 0.2) is 36.5 Å². The van der Waals surface area contributed by atoms with E-state index in [0.717, 1.165) is 30.0 Å². The SMILES string of the molecule is CC(C)CCOc1ccc(/C=C/c2ncc([N+](=O)[O-])cc2C(=O)O)cc1. The molecule has 0 saturated carbocycles. The first-order chi connectivity index (χ1) is 12.4. The van der Waals surface area contributed by atoms with Gasteiger partial charge in [-0.3, -0.25) is 10.1 Å². The van der Waals surface area contributed by atoms with Gasteiger partial charge in [-0.15, -0.1) is 0 Å². The number of nitrogens with zero attached hydrogens (tertiary/aromatic N) is 2. The number of carboxylic acids is 1. The lowest BCUT2D eigenvalue weighted by Gasteiger charge is -2.08. The molecular formula is C19H20N2O5. The molecule has 1 N–H and O–H groups in total. The zero-order valence-corrected chi connectivity index (χ0v) is 14.6. The van der Waals surface area contributed by atoms with E-state index in [4.69, 9.17) is 4.74 Å². The predicted molar refractivity (Wildman–Crippen MR) is 98.2 cm³/mol. The summed E-state index contributed by atoms with van der Waals surface area (Å²) in [7, 11) is 0.